The number of hydrogen-bond acceptors (Lipinski definition) is 5. The number of carbonyl (C=O) groups is 2. The molecule has 3 rings (SSSR count). The maximum atomic E-state index is 12.1. The van der Waals surface area contributed by atoms with Crippen LogP contribution in [-0.4, -0.2) is 49.9 Å². The molecule has 1 fully saturated rings. The third-order valence-corrected chi connectivity index (χ3v) is 4.47. The van der Waals surface area contributed by atoms with Crippen LogP contribution in [0.4, 0.5) is 17.1 Å². The number of piperazine rings is 1. The van der Waals surface area contributed by atoms with Crippen LogP contribution in [0.25, 0.3) is 0 Å². The van der Waals surface area contributed by atoms with Gasteiger partial charge in [-0.05, 0) is 55.6 Å². The highest BCUT2D eigenvalue weighted by Gasteiger charge is 2.16. The molecule has 0 spiro atoms. The van der Waals surface area contributed by atoms with E-state index < -0.39 is 11.8 Å². The number of nitrogens with zero attached hydrogens (tertiary/aromatic N) is 3. The molecule has 2 amide bonds. The molecule has 0 aromatic heterocycles. The van der Waals surface area contributed by atoms with Crippen molar-refractivity contribution in [2.75, 3.05) is 48.8 Å². The number of carbonyl (C=O) groups excluding carboxylic acids is 2. The predicted molar refractivity (Wildman–Crippen MR) is 105 cm³/mol. The number of likely N-dealkylation sites (N-methyl/N-ethyl adjacent to an activating group) is 1. The zero-order chi connectivity index (χ0) is 19.2. The molecule has 0 atom stereocenters. The highest BCUT2D eigenvalue weighted by atomic mass is 16.2. The number of nitrogens with one attached hydrogen (secondary N) is 2. The van der Waals surface area contributed by atoms with Gasteiger partial charge < -0.3 is 20.4 Å². The summed E-state index contributed by atoms with van der Waals surface area (Å²) in [5, 5.41) is 13.9. The van der Waals surface area contributed by atoms with E-state index in [0.29, 0.717) is 16.9 Å². The van der Waals surface area contributed by atoms with E-state index in [-0.39, 0.29) is 0 Å². The fourth-order valence-corrected chi connectivity index (χ4v) is 2.82. The lowest BCUT2D eigenvalue weighted by molar-refractivity contribution is -0.132. The van der Waals surface area contributed by atoms with Crippen molar-refractivity contribution in [2.45, 2.75) is 0 Å². The lowest BCUT2D eigenvalue weighted by Crippen LogP contribution is -2.44. The highest BCUT2D eigenvalue weighted by molar-refractivity contribution is 6.43. The van der Waals surface area contributed by atoms with Gasteiger partial charge in [0.1, 0.15) is 0 Å². The van der Waals surface area contributed by atoms with Crippen LogP contribution in [0, 0.1) is 11.3 Å². The van der Waals surface area contributed by atoms with Crippen LogP contribution < -0.4 is 15.5 Å². The Balaban J connectivity index is 1.55. The lowest BCUT2D eigenvalue weighted by atomic mass is 10.2. The van der Waals surface area contributed by atoms with E-state index in [2.05, 4.69) is 27.5 Å². The molecule has 1 aliphatic heterocycles. The van der Waals surface area contributed by atoms with Crippen LogP contribution in [0.3, 0.4) is 0 Å². The van der Waals surface area contributed by atoms with Gasteiger partial charge in [0, 0.05) is 43.2 Å². The summed E-state index contributed by atoms with van der Waals surface area (Å²) >= 11 is 0. The molecule has 0 bridgehead atoms. The van der Waals surface area contributed by atoms with Crippen molar-refractivity contribution >= 4 is 28.9 Å². The average molecular weight is 363 g/mol. The molecule has 0 saturated carbocycles. The van der Waals surface area contributed by atoms with Crippen LogP contribution in [0.1, 0.15) is 5.56 Å². The van der Waals surface area contributed by atoms with Gasteiger partial charge in [0.25, 0.3) is 0 Å². The van der Waals surface area contributed by atoms with E-state index in [1.165, 1.54) is 0 Å². The summed E-state index contributed by atoms with van der Waals surface area (Å²) in [6.07, 6.45) is 0. The fourth-order valence-electron chi connectivity index (χ4n) is 2.82. The largest absolute Gasteiger partial charge is 0.369 e. The second kappa shape index (κ2) is 8.34. The molecule has 0 radical (unpaired) electrons. The second-order valence-corrected chi connectivity index (χ2v) is 6.43. The Morgan fingerprint density at radius 2 is 1.33 bits per heavy atom. The first-order valence-electron chi connectivity index (χ1n) is 8.71. The van der Waals surface area contributed by atoms with Crippen LogP contribution in [0.2, 0.25) is 0 Å². The molecule has 1 aliphatic rings. The van der Waals surface area contributed by atoms with Crippen molar-refractivity contribution < 1.29 is 9.59 Å². The third kappa shape index (κ3) is 4.84. The maximum Gasteiger partial charge on any atom is 0.314 e. The summed E-state index contributed by atoms with van der Waals surface area (Å²) in [4.78, 5) is 28.7. The van der Waals surface area contributed by atoms with E-state index >= 15 is 0 Å². The van der Waals surface area contributed by atoms with E-state index in [1.54, 1.807) is 36.4 Å². The van der Waals surface area contributed by atoms with Crippen molar-refractivity contribution in [3.05, 3.63) is 54.1 Å². The summed E-state index contributed by atoms with van der Waals surface area (Å²) in [6, 6.07) is 15.8. The van der Waals surface area contributed by atoms with E-state index in [4.69, 9.17) is 5.26 Å². The van der Waals surface area contributed by atoms with Crippen LogP contribution in [0.15, 0.2) is 48.5 Å². The molecule has 7 nitrogen and oxygen atoms in total. The van der Waals surface area contributed by atoms with E-state index in [9.17, 15) is 9.59 Å². The van der Waals surface area contributed by atoms with Crippen LogP contribution in [-0.2, 0) is 9.59 Å². The average Bonchev–Trinajstić information content (AvgIpc) is 2.70. The summed E-state index contributed by atoms with van der Waals surface area (Å²) < 4.78 is 0. The topological polar surface area (TPSA) is 88.5 Å². The predicted octanol–water partition coefficient (Wildman–Crippen LogP) is 1.89. The number of benzene rings is 2. The fraction of sp³-hybridized carbons (Fsp3) is 0.250. The zero-order valence-electron chi connectivity index (χ0n) is 15.1. The Bertz CT molecular complexity index is 847. The molecule has 2 N–H and O–H groups in total. The molecular formula is C20H21N5O2. The highest BCUT2D eigenvalue weighted by Crippen LogP contribution is 2.19. The lowest BCUT2D eigenvalue weighted by Gasteiger charge is -2.34. The minimum atomic E-state index is -0.761. The van der Waals surface area contributed by atoms with E-state index in [1.807, 2.05) is 18.2 Å². The summed E-state index contributed by atoms with van der Waals surface area (Å²) in [5.41, 5.74) is 2.61. The van der Waals surface area contributed by atoms with Crippen molar-refractivity contribution in [1.82, 2.24) is 4.90 Å². The molecule has 0 aliphatic carbocycles. The molecule has 0 unspecified atom stereocenters. The van der Waals surface area contributed by atoms with Crippen molar-refractivity contribution in [2.24, 2.45) is 0 Å². The Kier molecular flexibility index (Phi) is 5.69. The molecule has 138 valence electrons. The SMILES string of the molecule is CN1CCN(c2ccc(NC(=O)C(=O)Nc3ccc(C#N)cc3)cc2)CC1. The molecule has 2 aromatic rings. The van der Waals surface area contributed by atoms with Gasteiger partial charge in [-0.1, -0.05) is 0 Å². The van der Waals surface area contributed by atoms with Crippen molar-refractivity contribution in [1.29, 1.82) is 5.26 Å². The molecule has 7 heteroatoms. The Morgan fingerprint density at radius 1 is 0.852 bits per heavy atom. The summed E-state index contributed by atoms with van der Waals surface area (Å²) in [7, 11) is 2.11. The van der Waals surface area contributed by atoms with Crippen molar-refractivity contribution in [3.63, 3.8) is 0 Å². The minimum Gasteiger partial charge on any atom is -0.369 e. The summed E-state index contributed by atoms with van der Waals surface area (Å²) in [5.74, 6) is -1.51. The Hall–Kier alpha value is -3.37. The van der Waals surface area contributed by atoms with Gasteiger partial charge in [0.2, 0.25) is 0 Å². The Morgan fingerprint density at radius 3 is 1.81 bits per heavy atom. The number of nitriles is 1. The first kappa shape index (κ1) is 18.4. The van der Waals surface area contributed by atoms with Gasteiger partial charge in [-0.2, -0.15) is 5.26 Å². The van der Waals surface area contributed by atoms with Gasteiger partial charge in [-0.3, -0.25) is 9.59 Å². The quantitative estimate of drug-likeness (QED) is 0.813. The monoisotopic (exact) mass is 363 g/mol. The number of amides is 2. The zero-order valence-corrected chi connectivity index (χ0v) is 15.1. The minimum absolute atomic E-state index is 0.458. The maximum absolute atomic E-state index is 12.1. The van der Waals surface area contributed by atoms with Gasteiger partial charge >= 0.3 is 11.8 Å². The molecule has 27 heavy (non-hydrogen) atoms. The van der Waals surface area contributed by atoms with Crippen molar-refractivity contribution in [3.8, 4) is 6.07 Å². The molecular weight excluding hydrogens is 342 g/mol. The molecule has 1 heterocycles. The standard InChI is InChI=1S/C20H21N5O2/c1-24-10-12-25(13-11-24)18-8-6-17(7-9-18)23-20(27)19(26)22-16-4-2-15(14-21)3-5-16/h2-9H,10-13H2,1H3,(H,22,26)(H,23,27). The number of anilines is 3. The van der Waals surface area contributed by atoms with Gasteiger partial charge in [0.05, 0.1) is 11.6 Å². The number of rotatable bonds is 3. The third-order valence-electron chi connectivity index (χ3n) is 4.47. The van der Waals surface area contributed by atoms with Gasteiger partial charge in [-0.25, -0.2) is 0 Å². The van der Waals surface area contributed by atoms with Crippen LogP contribution >= 0.6 is 0 Å². The first-order chi connectivity index (χ1) is 13.0. The van der Waals surface area contributed by atoms with Gasteiger partial charge in [0.15, 0.2) is 0 Å². The van der Waals surface area contributed by atoms with Crippen LogP contribution in [0.5, 0.6) is 0 Å². The summed E-state index contributed by atoms with van der Waals surface area (Å²) in [6.45, 7) is 3.98. The normalized spacial score (nSPS) is 14.3. The Labute approximate surface area is 158 Å². The number of hydrogen-bond donors (Lipinski definition) is 2. The molecule has 1 saturated heterocycles. The van der Waals surface area contributed by atoms with E-state index in [0.717, 1.165) is 31.9 Å². The first-order valence-corrected chi connectivity index (χ1v) is 8.71. The molecule has 2 aromatic carbocycles. The smallest absolute Gasteiger partial charge is 0.314 e. The van der Waals surface area contributed by atoms with Gasteiger partial charge in [-0.15, -0.1) is 0 Å². The second-order valence-electron chi connectivity index (χ2n) is 6.43.